The average molecular weight is 317 g/mol. The monoisotopic (exact) mass is 316 g/mol. The molecule has 0 fully saturated rings. The molecule has 0 bridgehead atoms. The van der Waals surface area contributed by atoms with Gasteiger partial charge in [0.05, 0.1) is 5.69 Å². The molecule has 92 valence electrons. The molecule has 3 N–H and O–H groups in total. The number of nitrogens with one attached hydrogen (secondary N) is 1. The van der Waals surface area contributed by atoms with Gasteiger partial charge in [0, 0.05) is 17.4 Å². The van der Waals surface area contributed by atoms with E-state index < -0.39 is 10.0 Å². The molecule has 17 heavy (non-hydrogen) atoms. The molecule has 0 saturated carbocycles. The molecule has 1 rings (SSSR count). The number of nitrogen functional groups attached to an aromatic ring is 1. The molecule has 0 unspecified atom stereocenters. The lowest BCUT2D eigenvalue weighted by Crippen LogP contribution is -2.25. The van der Waals surface area contributed by atoms with Crippen LogP contribution in [0.5, 0.6) is 0 Å². The third kappa shape index (κ3) is 4.04. The van der Waals surface area contributed by atoms with Gasteiger partial charge >= 0.3 is 0 Å². The SMILES string of the molecule is C#CCCCNS(=O)(=O)c1cc(Br)ccc1N. The number of hydrogen-bond donors (Lipinski definition) is 2. The van der Waals surface area contributed by atoms with Crippen molar-refractivity contribution in [2.24, 2.45) is 0 Å². The van der Waals surface area contributed by atoms with Crippen LogP contribution in [0, 0.1) is 12.3 Å². The predicted molar refractivity (Wildman–Crippen MR) is 71.8 cm³/mol. The minimum atomic E-state index is -3.57. The summed E-state index contributed by atoms with van der Waals surface area (Å²) in [5.41, 5.74) is 5.85. The van der Waals surface area contributed by atoms with Crippen LogP contribution in [-0.2, 0) is 10.0 Å². The van der Waals surface area contributed by atoms with Crippen molar-refractivity contribution in [2.75, 3.05) is 12.3 Å². The molecule has 0 saturated heterocycles. The fourth-order valence-electron chi connectivity index (χ4n) is 1.22. The summed E-state index contributed by atoms with van der Waals surface area (Å²) in [6.07, 6.45) is 6.22. The topological polar surface area (TPSA) is 72.2 Å². The quantitative estimate of drug-likeness (QED) is 0.493. The first-order valence-electron chi connectivity index (χ1n) is 4.95. The number of halogens is 1. The van der Waals surface area contributed by atoms with Crippen LogP contribution in [0.1, 0.15) is 12.8 Å². The lowest BCUT2D eigenvalue weighted by molar-refractivity contribution is 0.580. The van der Waals surface area contributed by atoms with E-state index in [2.05, 4.69) is 26.6 Å². The molecule has 0 aliphatic rings. The molecule has 0 atom stereocenters. The molecule has 0 aromatic heterocycles. The summed E-state index contributed by atoms with van der Waals surface area (Å²) in [7, 11) is -3.57. The number of sulfonamides is 1. The second-order valence-corrected chi connectivity index (χ2v) is 6.04. The van der Waals surface area contributed by atoms with E-state index in [1.165, 1.54) is 6.07 Å². The van der Waals surface area contributed by atoms with Crippen LogP contribution in [-0.4, -0.2) is 15.0 Å². The first-order chi connectivity index (χ1) is 7.97. The molecule has 4 nitrogen and oxygen atoms in total. The molecular formula is C11H13BrN2O2S. The van der Waals surface area contributed by atoms with Gasteiger partial charge < -0.3 is 5.73 Å². The van der Waals surface area contributed by atoms with Crippen molar-refractivity contribution >= 4 is 31.6 Å². The summed E-state index contributed by atoms with van der Waals surface area (Å²) in [4.78, 5) is 0.0765. The second-order valence-electron chi connectivity index (χ2n) is 3.39. The van der Waals surface area contributed by atoms with Crippen molar-refractivity contribution in [3.63, 3.8) is 0 Å². The minimum absolute atomic E-state index is 0.0765. The summed E-state index contributed by atoms with van der Waals surface area (Å²) < 4.78 is 26.9. The van der Waals surface area contributed by atoms with E-state index in [-0.39, 0.29) is 10.6 Å². The zero-order valence-electron chi connectivity index (χ0n) is 9.11. The average Bonchev–Trinajstić information content (AvgIpc) is 2.28. The van der Waals surface area contributed by atoms with Crippen molar-refractivity contribution in [3.05, 3.63) is 22.7 Å². The fraction of sp³-hybridized carbons (Fsp3) is 0.273. The van der Waals surface area contributed by atoms with Crippen LogP contribution >= 0.6 is 15.9 Å². The zero-order chi connectivity index (χ0) is 12.9. The van der Waals surface area contributed by atoms with Gasteiger partial charge in [-0.1, -0.05) is 15.9 Å². The number of rotatable bonds is 5. The number of benzene rings is 1. The van der Waals surface area contributed by atoms with E-state index in [1.54, 1.807) is 12.1 Å². The maximum Gasteiger partial charge on any atom is 0.242 e. The predicted octanol–water partition coefficient (Wildman–Crippen LogP) is 1.72. The van der Waals surface area contributed by atoms with Gasteiger partial charge in [-0.3, -0.25) is 0 Å². The van der Waals surface area contributed by atoms with Crippen molar-refractivity contribution in [1.29, 1.82) is 0 Å². The van der Waals surface area contributed by atoms with Crippen molar-refractivity contribution in [1.82, 2.24) is 4.72 Å². The number of terminal acetylenes is 1. The first kappa shape index (κ1) is 14.0. The Bertz CT molecular complexity index is 535. The Morgan fingerprint density at radius 1 is 1.47 bits per heavy atom. The Balaban J connectivity index is 2.83. The summed E-state index contributed by atoms with van der Waals surface area (Å²) in [6, 6.07) is 4.70. The molecule has 0 aliphatic carbocycles. The summed E-state index contributed by atoms with van der Waals surface area (Å²) in [5, 5.41) is 0. The molecule has 0 aliphatic heterocycles. The van der Waals surface area contributed by atoms with E-state index in [4.69, 9.17) is 12.2 Å². The Labute approximate surface area is 110 Å². The van der Waals surface area contributed by atoms with Crippen LogP contribution < -0.4 is 10.5 Å². The van der Waals surface area contributed by atoms with Gasteiger partial charge in [-0.25, -0.2) is 13.1 Å². The van der Waals surface area contributed by atoms with Gasteiger partial charge in [0.1, 0.15) is 4.90 Å². The van der Waals surface area contributed by atoms with Crippen LogP contribution in [0.15, 0.2) is 27.6 Å². The second kappa shape index (κ2) is 6.05. The van der Waals surface area contributed by atoms with Crippen LogP contribution in [0.25, 0.3) is 0 Å². The number of hydrogen-bond acceptors (Lipinski definition) is 3. The van der Waals surface area contributed by atoms with Gasteiger partial charge in [0.2, 0.25) is 10.0 Å². The summed E-state index contributed by atoms with van der Waals surface area (Å²) in [5.74, 6) is 2.45. The van der Waals surface area contributed by atoms with E-state index >= 15 is 0 Å². The maximum absolute atomic E-state index is 11.9. The molecule has 0 radical (unpaired) electrons. The summed E-state index contributed by atoms with van der Waals surface area (Å²) >= 11 is 3.21. The number of unbranched alkanes of at least 4 members (excludes halogenated alkanes) is 1. The Morgan fingerprint density at radius 2 is 2.18 bits per heavy atom. The largest absolute Gasteiger partial charge is 0.398 e. The lowest BCUT2D eigenvalue weighted by Gasteiger charge is -2.08. The normalized spacial score (nSPS) is 11.1. The maximum atomic E-state index is 11.9. The van der Waals surface area contributed by atoms with Crippen LogP contribution in [0.3, 0.4) is 0 Å². The molecule has 0 heterocycles. The van der Waals surface area contributed by atoms with Crippen LogP contribution in [0.4, 0.5) is 5.69 Å². The molecule has 6 heteroatoms. The van der Waals surface area contributed by atoms with E-state index in [0.29, 0.717) is 23.9 Å². The van der Waals surface area contributed by atoms with E-state index in [0.717, 1.165) is 0 Å². The highest BCUT2D eigenvalue weighted by atomic mass is 79.9. The highest BCUT2D eigenvalue weighted by molar-refractivity contribution is 9.10. The van der Waals surface area contributed by atoms with E-state index in [1.807, 2.05) is 0 Å². The molecule has 0 spiro atoms. The Hall–Kier alpha value is -1.03. The van der Waals surface area contributed by atoms with E-state index in [9.17, 15) is 8.42 Å². The molecule has 1 aromatic rings. The zero-order valence-corrected chi connectivity index (χ0v) is 11.5. The molecule has 0 amide bonds. The Kier molecular flexibility index (Phi) is 5.00. The minimum Gasteiger partial charge on any atom is -0.398 e. The molecular weight excluding hydrogens is 304 g/mol. The van der Waals surface area contributed by atoms with Gasteiger partial charge in [0.15, 0.2) is 0 Å². The number of anilines is 1. The Morgan fingerprint density at radius 3 is 2.82 bits per heavy atom. The van der Waals surface area contributed by atoms with Crippen LogP contribution in [0.2, 0.25) is 0 Å². The van der Waals surface area contributed by atoms with Crippen molar-refractivity contribution < 1.29 is 8.42 Å². The van der Waals surface area contributed by atoms with Gasteiger partial charge in [0.25, 0.3) is 0 Å². The first-order valence-corrected chi connectivity index (χ1v) is 7.23. The van der Waals surface area contributed by atoms with Gasteiger partial charge in [-0.15, -0.1) is 12.3 Å². The summed E-state index contributed by atoms with van der Waals surface area (Å²) in [6.45, 7) is 0.304. The highest BCUT2D eigenvalue weighted by Gasteiger charge is 2.16. The fourth-order valence-corrected chi connectivity index (χ4v) is 2.96. The standard InChI is InChI=1S/C11H13BrN2O2S/c1-2-3-4-7-14-17(15,16)11-8-9(12)5-6-10(11)13/h1,5-6,8,14H,3-4,7,13H2. The third-order valence-corrected chi connectivity index (χ3v) is 4.07. The molecule has 1 aromatic carbocycles. The number of nitrogens with two attached hydrogens (primary N) is 1. The lowest BCUT2D eigenvalue weighted by atomic mass is 10.3. The smallest absolute Gasteiger partial charge is 0.242 e. The van der Waals surface area contributed by atoms with Crippen molar-refractivity contribution in [2.45, 2.75) is 17.7 Å². The third-order valence-electron chi connectivity index (χ3n) is 2.06. The van der Waals surface area contributed by atoms with Gasteiger partial charge in [-0.05, 0) is 24.6 Å². The van der Waals surface area contributed by atoms with Crippen molar-refractivity contribution in [3.8, 4) is 12.3 Å². The highest BCUT2D eigenvalue weighted by Crippen LogP contribution is 2.22. The van der Waals surface area contributed by atoms with Gasteiger partial charge in [-0.2, -0.15) is 0 Å².